The van der Waals surface area contributed by atoms with E-state index in [1.54, 1.807) is 0 Å². The molecule has 0 unspecified atom stereocenters. The largest absolute Gasteiger partial charge is 0.394 e. The molecule has 1 amide bonds. The minimum Gasteiger partial charge on any atom is -0.394 e. The molecule has 3 aromatic carbocycles. The van der Waals surface area contributed by atoms with E-state index in [0.29, 0.717) is 6.54 Å². The summed E-state index contributed by atoms with van der Waals surface area (Å²) in [5.41, 5.74) is 4.80. The van der Waals surface area contributed by atoms with Crippen molar-refractivity contribution in [2.45, 2.75) is 24.5 Å². The third-order valence-corrected chi connectivity index (χ3v) is 6.47. The Labute approximate surface area is 177 Å². The van der Waals surface area contributed by atoms with Crippen LogP contribution >= 0.6 is 0 Å². The van der Waals surface area contributed by atoms with Crippen molar-refractivity contribution in [3.05, 3.63) is 96.1 Å². The summed E-state index contributed by atoms with van der Waals surface area (Å²) in [5.74, 6) is 0.292. The summed E-state index contributed by atoms with van der Waals surface area (Å²) < 4.78 is 0. The molecule has 1 N–H and O–H groups in total. The number of fused-ring (bicyclic) bond motifs is 1. The molecule has 5 rings (SSSR count). The lowest BCUT2D eigenvalue weighted by molar-refractivity contribution is -0.162. The van der Waals surface area contributed by atoms with Gasteiger partial charge in [0.05, 0.1) is 25.2 Å². The minimum absolute atomic E-state index is 0.00598. The molecule has 152 valence electrons. The fraction of sp³-hybridized carbons (Fsp3) is 0.269. The average molecular weight is 399 g/mol. The summed E-state index contributed by atoms with van der Waals surface area (Å²) in [6.07, 6.45) is 0. The summed E-state index contributed by atoms with van der Waals surface area (Å²) in [6.45, 7) is 2.04. The Morgan fingerprint density at radius 2 is 1.47 bits per heavy atom. The van der Waals surface area contributed by atoms with Gasteiger partial charge in [-0.1, -0.05) is 84.9 Å². The second-order valence-electron chi connectivity index (χ2n) is 8.29. The van der Waals surface area contributed by atoms with Crippen molar-refractivity contribution in [1.29, 1.82) is 0 Å². The summed E-state index contributed by atoms with van der Waals surface area (Å²) in [5, 5.41) is 10.0. The van der Waals surface area contributed by atoms with Gasteiger partial charge < -0.3 is 10.0 Å². The third kappa shape index (κ3) is 3.42. The maximum Gasteiger partial charge on any atom is 0.237 e. The molecular formula is C26H26N2O2. The summed E-state index contributed by atoms with van der Waals surface area (Å²) in [4.78, 5) is 17.0. The molecule has 3 aromatic rings. The van der Waals surface area contributed by atoms with Gasteiger partial charge >= 0.3 is 0 Å². The second kappa shape index (κ2) is 8.05. The highest BCUT2D eigenvalue weighted by Crippen LogP contribution is 2.43. The average Bonchev–Trinajstić information content (AvgIpc) is 2.77. The summed E-state index contributed by atoms with van der Waals surface area (Å²) in [7, 11) is 0. The van der Waals surface area contributed by atoms with Crippen LogP contribution in [0.5, 0.6) is 0 Å². The van der Waals surface area contributed by atoms with Crippen LogP contribution in [0.4, 0.5) is 0 Å². The molecule has 4 nitrogen and oxygen atoms in total. The van der Waals surface area contributed by atoms with Crippen molar-refractivity contribution in [3.63, 3.8) is 0 Å². The Hall–Kier alpha value is -2.95. The molecule has 0 radical (unpaired) electrons. The molecule has 2 fully saturated rings. The zero-order chi connectivity index (χ0) is 20.5. The van der Waals surface area contributed by atoms with Crippen molar-refractivity contribution >= 4 is 5.91 Å². The van der Waals surface area contributed by atoms with Crippen LogP contribution in [0.3, 0.4) is 0 Å². The maximum atomic E-state index is 12.8. The van der Waals surface area contributed by atoms with Crippen LogP contribution in [0.15, 0.2) is 84.9 Å². The Kier molecular flexibility index (Phi) is 5.11. The number of aliphatic hydroxyl groups excluding tert-OH is 1. The van der Waals surface area contributed by atoms with E-state index >= 15 is 0 Å². The van der Waals surface area contributed by atoms with E-state index in [-0.39, 0.29) is 30.5 Å². The zero-order valence-electron chi connectivity index (χ0n) is 16.9. The summed E-state index contributed by atoms with van der Waals surface area (Å²) >= 11 is 0. The van der Waals surface area contributed by atoms with Crippen LogP contribution in [0, 0.1) is 0 Å². The summed E-state index contributed by atoms with van der Waals surface area (Å²) in [6, 6.07) is 29.2. The van der Waals surface area contributed by atoms with E-state index in [4.69, 9.17) is 0 Å². The quantitative estimate of drug-likeness (QED) is 0.715. The normalized spacial score (nSPS) is 23.7. The first-order valence-electron chi connectivity index (χ1n) is 10.6. The van der Waals surface area contributed by atoms with E-state index in [9.17, 15) is 9.90 Å². The first-order chi connectivity index (χ1) is 14.7. The van der Waals surface area contributed by atoms with Gasteiger partial charge in [0.15, 0.2) is 0 Å². The van der Waals surface area contributed by atoms with Gasteiger partial charge in [-0.3, -0.25) is 9.69 Å². The fourth-order valence-electron chi connectivity index (χ4n) is 5.06. The van der Waals surface area contributed by atoms with Gasteiger partial charge in [0.25, 0.3) is 0 Å². The number of carbonyl (C=O) groups excluding carboxylic acids is 1. The lowest BCUT2D eigenvalue weighted by Gasteiger charge is -2.59. The lowest BCUT2D eigenvalue weighted by Crippen LogP contribution is -2.72. The van der Waals surface area contributed by atoms with Crippen molar-refractivity contribution in [2.75, 3.05) is 19.7 Å². The van der Waals surface area contributed by atoms with Gasteiger partial charge in [-0.25, -0.2) is 0 Å². The number of piperazine rings is 1. The fourth-order valence-corrected chi connectivity index (χ4v) is 5.06. The molecule has 2 saturated heterocycles. The van der Waals surface area contributed by atoms with Gasteiger partial charge in [0.1, 0.15) is 0 Å². The number of nitrogens with zero attached hydrogens (tertiary/aromatic N) is 2. The first kappa shape index (κ1) is 19.0. The van der Waals surface area contributed by atoms with Gasteiger partial charge in [0, 0.05) is 19.0 Å². The van der Waals surface area contributed by atoms with E-state index < -0.39 is 0 Å². The molecule has 0 aliphatic carbocycles. The zero-order valence-corrected chi connectivity index (χ0v) is 16.9. The molecule has 2 aliphatic heterocycles. The second-order valence-corrected chi connectivity index (χ2v) is 8.29. The topological polar surface area (TPSA) is 43.8 Å². The monoisotopic (exact) mass is 398 g/mol. The number of rotatable bonds is 5. The number of benzene rings is 3. The molecule has 2 heterocycles. The van der Waals surface area contributed by atoms with E-state index in [2.05, 4.69) is 53.4 Å². The highest BCUT2D eigenvalue weighted by atomic mass is 16.3. The van der Waals surface area contributed by atoms with Crippen molar-refractivity contribution in [2.24, 2.45) is 0 Å². The Balaban J connectivity index is 1.36. The standard InChI is InChI=1S/C26H26N2O2/c29-18-24-26(22-13-11-21(12-14-22)20-9-5-2-6-10-20)23-16-27(17-25(30)28(23)24)15-19-7-3-1-4-8-19/h1-14,23-24,26,29H,15-18H2/t23-,24+,26+/m1/s1. The van der Waals surface area contributed by atoms with Gasteiger partial charge in [-0.05, 0) is 22.3 Å². The lowest BCUT2D eigenvalue weighted by atomic mass is 9.73. The molecule has 4 heteroatoms. The van der Waals surface area contributed by atoms with Crippen molar-refractivity contribution < 1.29 is 9.90 Å². The van der Waals surface area contributed by atoms with Crippen LogP contribution in [0.25, 0.3) is 11.1 Å². The highest BCUT2D eigenvalue weighted by Gasteiger charge is 2.53. The molecule has 0 spiro atoms. The smallest absolute Gasteiger partial charge is 0.237 e. The molecule has 0 aromatic heterocycles. The van der Waals surface area contributed by atoms with Crippen LogP contribution < -0.4 is 0 Å². The van der Waals surface area contributed by atoms with Gasteiger partial charge in [-0.15, -0.1) is 0 Å². The van der Waals surface area contributed by atoms with Crippen LogP contribution in [-0.2, 0) is 11.3 Å². The Morgan fingerprint density at radius 1 is 0.833 bits per heavy atom. The molecular weight excluding hydrogens is 372 g/mol. The SMILES string of the molecule is O=C1CN(Cc2ccccc2)C[C@@H]2[C@H](c3ccc(-c4ccccc4)cc3)[C@H](CO)N12. The number of amides is 1. The maximum absolute atomic E-state index is 12.8. The third-order valence-electron chi connectivity index (χ3n) is 6.47. The number of hydrogen-bond acceptors (Lipinski definition) is 3. The highest BCUT2D eigenvalue weighted by molar-refractivity contribution is 5.81. The minimum atomic E-state index is -0.121. The van der Waals surface area contributed by atoms with Gasteiger partial charge in [0.2, 0.25) is 5.91 Å². The van der Waals surface area contributed by atoms with Crippen LogP contribution in [-0.4, -0.2) is 52.6 Å². The van der Waals surface area contributed by atoms with Crippen LogP contribution in [0.1, 0.15) is 17.0 Å². The predicted molar refractivity (Wildman–Crippen MR) is 118 cm³/mol. The van der Waals surface area contributed by atoms with Crippen molar-refractivity contribution in [1.82, 2.24) is 9.80 Å². The van der Waals surface area contributed by atoms with Crippen LogP contribution in [0.2, 0.25) is 0 Å². The van der Waals surface area contributed by atoms with E-state index in [1.165, 1.54) is 22.3 Å². The van der Waals surface area contributed by atoms with E-state index in [1.807, 2.05) is 41.3 Å². The molecule has 0 saturated carbocycles. The predicted octanol–water partition coefficient (Wildman–Crippen LogP) is 3.52. The molecule has 30 heavy (non-hydrogen) atoms. The van der Waals surface area contributed by atoms with Gasteiger partial charge in [-0.2, -0.15) is 0 Å². The molecule has 0 bridgehead atoms. The molecule has 2 aliphatic rings. The Morgan fingerprint density at radius 3 is 2.13 bits per heavy atom. The van der Waals surface area contributed by atoms with E-state index in [0.717, 1.165) is 13.1 Å². The number of hydrogen-bond donors (Lipinski definition) is 1. The number of aliphatic hydroxyl groups is 1. The number of carbonyl (C=O) groups is 1. The Bertz CT molecular complexity index is 1000. The first-order valence-corrected chi connectivity index (χ1v) is 10.6. The molecule has 3 atom stereocenters. The van der Waals surface area contributed by atoms with Crippen molar-refractivity contribution in [3.8, 4) is 11.1 Å².